The van der Waals surface area contributed by atoms with Gasteiger partial charge in [-0.15, -0.1) is 0 Å². The van der Waals surface area contributed by atoms with Gasteiger partial charge in [-0.1, -0.05) is 17.7 Å². The highest BCUT2D eigenvalue weighted by molar-refractivity contribution is 7.92. The van der Waals surface area contributed by atoms with E-state index in [4.69, 9.17) is 11.6 Å². The van der Waals surface area contributed by atoms with Crippen LogP contribution in [0.15, 0.2) is 29.2 Å². The van der Waals surface area contributed by atoms with Gasteiger partial charge in [-0.2, -0.15) is 0 Å². The van der Waals surface area contributed by atoms with Gasteiger partial charge in [-0.05, 0) is 25.1 Å². The third kappa shape index (κ3) is 3.44. The summed E-state index contributed by atoms with van der Waals surface area (Å²) in [6.07, 6.45) is -0.175. The van der Waals surface area contributed by atoms with Crippen molar-refractivity contribution in [2.45, 2.75) is 23.5 Å². The molecule has 94 valence electrons. The van der Waals surface area contributed by atoms with Crippen molar-refractivity contribution in [3.8, 4) is 0 Å². The molecule has 17 heavy (non-hydrogen) atoms. The molecule has 0 amide bonds. The molecule has 1 unspecified atom stereocenters. The molecule has 1 atom stereocenters. The first kappa shape index (κ1) is 14.0. The molecule has 0 spiro atoms. The van der Waals surface area contributed by atoms with Crippen molar-refractivity contribution in [2.75, 3.05) is 7.11 Å². The van der Waals surface area contributed by atoms with Crippen molar-refractivity contribution < 1.29 is 17.9 Å². The topological polar surface area (TPSA) is 60.4 Å². The largest absolute Gasteiger partial charge is 0.469 e. The molecule has 0 saturated carbocycles. The molecule has 0 aliphatic rings. The van der Waals surface area contributed by atoms with Crippen molar-refractivity contribution in [2.24, 2.45) is 0 Å². The number of benzene rings is 1. The van der Waals surface area contributed by atoms with Gasteiger partial charge in [0.05, 0.1) is 23.7 Å². The number of ether oxygens (including phenoxy) is 1. The van der Waals surface area contributed by atoms with Crippen molar-refractivity contribution in [1.82, 2.24) is 0 Å². The van der Waals surface area contributed by atoms with Crippen molar-refractivity contribution in [3.63, 3.8) is 0 Å². The van der Waals surface area contributed by atoms with E-state index in [0.29, 0.717) is 5.02 Å². The molecule has 0 heterocycles. The van der Waals surface area contributed by atoms with Crippen LogP contribution in [0.3, 0.4) is 0 Å². The summed E-state index contributed by atoms with van der Waals surface area (Å²) >= 11 is 5.73. The Bertz CT molecular complexity index is 510. The number of hydrogen-bond acceptors (Lipinski definition) is 4. The summed E-state index contributed by atoms with van der Waals surface area (Å²) < 4.78 is 28.6. The van der Waals surface area contributed by atoms with Crippen LogP contribution in [0.2, 0.25) is 5.02 Å². The second-order valence-electron chi connectivity index (χ2n) is 3.59. The zero-order chi connectivity index (χ0) is 13.1. The molecular formula is C11H13ClO4S. The normalized spacial score (nSPS) is 13.1. The molecule has 0 N–H and O–H groups in total. The van der Waals surface area contributed by atoms with E-state index in [1.165, 1.54) is 26.2 Å². The minimum Gasteiger partial charge on any atom is -0.469 e. The standard InChI is InChI=1S/C11H13ClO4S/c1-8(6-11(13)16-2)17(14,15)10-5-3-4-9(12)7-10/h3-5,7-8H,6H2,1-2H3. The predicted octanol–water partition coefficient (Wildman–Crippen LogP) is 2.07. The molecule has 0 bridgehead atoms. The van der Waals surface area contributed by atoms with Crippen molar-refractivity contribution in [1.29, 1.82) is 0 Å². The summed E-state index contributed by atoms with van der Waals surface area (Å²) in [5, 5.41) is -0.496. The Morgan fingerprint density at radius 2 is 2.12 bits per heavy atom. The third-order valence-corrected chi connectivity index (χ3v) is 4.71. The SMILES string of the molecule is COC(=O)CC(C)S(=O)(=O)c1cccc(Cl)c1. The summed E-state index contributed by atoms with van der Waals surface area (Å²) in [5.74, 6) is -0.553. The summed E-state index contributed by atoms with van der Waals surface area (Å²) in [5.41, 5.74) is 0. The second-order valence-corrected chi connectivity index (χ2v) is 6.40. The lowest BCUT2D eigenvalue weighted by Crippen LogP contribution is -2.22. The molecule has 0 aromatic heterocycles. The van der Waals surface area contributed by atoms with Crippen LogP contribution in [0.4, 0.5) is 0 Å². The third-order valence-electron chi connectivity index (χ3n) is 2.34. The Labute approximate surface area is 105 Å². The zero-order valence-electron chi connectivity index (χ0n) is 9.51. The summed E-state index contributed by atoms with van der Waals surface area (Å²) in [7, 11) is -2.33. The maximum Gasteiger partial charge on any atom is 0.306 e. The van der Waals surface area contributed by atoms with Gasteiger partial charge in [0.2, 0.25) is 0 Å². The quantitative estimate of drug-likeness (QED) is 0.790. The van der Waals surface area contributed by atoms with E-state index in [2.05, 4.69) is 4.74 Å². The van der Waals surface area contributed by atoms with Crippen LogP contribution in [-0.4, -0.2) is 26.7 Å². The fourth-order valence-corrected chi connectivity index (χ4v) is 2.94. The smallest absolute Gasteiger partial charge is 0.306 e. The first-order valence-electron chi connectivity index (χ1n) is 4.94. The highest BCUT2D eigenvalue weighted by Gasteiger charge is 2.26. The number of halogens is 1. The number of sulfone groups is 1. The van der Waals surface area contributed by atoms with Crippen LogP contribution >= 0.6 is 11.6 Å². The average Bonchev–Trinajstić information content (AvgIpc) is 2.28. The lowest BCUT2D eigenvalue weighted by molar-refractivity contribution is -0.140. The van der Waals surface area contributed by atoms with E-state index in [-0.39, 0.29) is 11.3 Å². The van der Waals surface area contributed by atoms with E-state index < -0.39 is 21.1 Å². The minimum absolute atomic E-state index is 0.112. The highest BCUT2D eigenvalue weighted by atomic mass is 35.5. The molecule has 0 aliphatic carbocycles. The van der Waals surface area contributed by atoms with Crippen LogP contribution in [0, 0.1) is 0 Å². The van der Waals surface area contributed by atoms with Gasteiger partial charge in [0.15, 0.2) is 9.84 Å². The number of carbonyl (C=O) groups excluding carboxylic acids is 1. The fourth-order valence-electron chi connectivity index (χ4n) is 1.30. The Hall–Kier alpha value is -1.07. The van der Waals surface area contributed by atoms with Gasteiger partial charge in [-0.3, -0.25) is 4.79 Å². The van der Waals surface area contributed by atoms with Gasteiger partial charge in [-0.25, -0.2) is 8.42 Å². The van der Waals surface area contributed by atoms with Gasteiger partial charge < -0.3 is 4.74 Å². The molecule has 6 heteroatoms. The van der Waals surface area contributed by atoms with Gasteiger partial charge in [0.25, 0.3) is 0 Å². The lowest BCUT2D eigenvalue weighted by atomic mass is 10.3. The fraction of sp³-hybridized carbons (Fsp3) is 0.364. The summed E-state index contributed by atoms with van der Waals surface area (Å²) in [6.45, 7) is 1.47. The minimum atomic E-state index is -3.55. The van der Waals surface area contributed by atoms with Gasteiger partial charge in [0, 0.05) is 5.02 Å². The molecule has 0 radical (unpaired) electrons. The van der Waals surface area contributed by atoms with Crippen LogP contribution in [-0.2, 0) is 19.4 Å². The van der Waals surface area contributed by atoms with Gasteiger partial charge in [0.1, 0.15) is 0 Å². The Morgan fingerprint density at radius 1 is 1.47 bits per heavy atom. The van der Waals surface area contributed by atoms with Crippen molar-refractivity contribution >= 4 is 27.4 Å². The number of esters is 1. The molecule has 0 saturated heterocycles. The molecule has 1 aromatic carbocycles. The van der Waals surface area contributed by atoms with E-state index in [1.54, 1.807) is 12.1 Å². The molecule has 4 nitrogen and oxygen atoms in total. The van der Waals surface area contributed by atoms with E-state index in [0.717, 1.165) is 0 Å². The van der Waals surface area contributed by atoms with E-state index in [1.807, 2.05) is 0 Å². The first-order valence-corrected chi connectivity index (χ1v) is 6.86. The monoisotopic (exact) mass is 276 g/mol. The maximum atomic E-state index is 12.1. The molecule has 0 aliphatic heterocycles. The van der Waals surface area contributed by atoms with Crippen LogP contribution in [0.5, 0.6) is 0 Å². The number of methoxy groups -OCH3 is 1. The van der Waals surface area contributed by atoms with Crippen LogP contribution < -0.4 is 0 Å². The average molecular weight is 277 g/mol. The highest BCUT2D eigenvalue weighted by Crippen LogP contribution is 2.21. The van der Waals surface area contributed by atoms with Crippen molar-refractivity contribution in [3.05, 3.63) is 29.3 Å². The predicted molar refractivity (Wildman–Crippen MR) is 64.7 cm³/mol. The Balaban J connectivity index is 2.99. The summed E-state index contributed by atoms with van der Waals surface area (Å²) in [6, 6.07) is 5.96. The van der Waals surface area contributed by atoms with E-state index >= 15 is 0 Å². The lowest BCUT2D eigenvalue weighted by Gasteiger charge is -2.11. The Kier molecular flexibility index (Phi) is 4.54. The molecule has 1 aromatic rings. The van der Waals surface area contributed by atoms with Crippen LogP contribution in [0.25, 0.3) is 0 Å². The number of rotatable bonds is 4. The maximum absolute atomic E-state index is 12.1. The Morgan fingerprint density at radius 3 is 2.65 bits per heavy atom. The van der Waals surface area contributed by atoms with E-state index in [9.17, 15) is 13.2 Å². The number of carbonyl (C=O) groups is 1. The summed E-state index contributed by atoms with van der Waals surface area (Å²) in [4.78, 5) is 11.2. The first-order chi connectivity index (χ1) is 7.87. The molecule has 0 fully saturated rings. The molecular weight excluding hydrogens is 264 g/mol. The zero-order valence-corrected chi connectivity index (χ0v) is 11.1. The van der Waals surface area contributed by atoms with Crippen LogP contribution in [0.1, 0.15) is 13.3 Å². The molecule has 1 rings (SSSR count). The number of hydrogen-bond donors (Lipinski definition) is 0. The van der Waals surface area contributed by atoms with Gasteiger partial charge >= 0.3 is 5.97 Å². The second kappa shape index (κ2) is 5.51.